The number of benzene rings is 1. The predicted molar refractivity (Wildman–Crippen MR) is 78.7 cm³/mol. The van der Waals surface area contributed by atoms with E-state index in [2.05, 4.69) is 9.97 Å². The molecule has 2 aromatic rings. The summed E-state index contributed by atoms with van der Waals surface area (Å²) in [7, 11) is 0. The molecule has 1 atom stereocenters. The minimum atomic E-state index is -0.300. The molecule has 0 saturated carbocycles. The summed E-state index contributed by atoms with van der Waals surface area (Å²) in [6.45, 7) is 3.49. The van der Waals surface area contributed by atoms with Crippen LogP contribution in [0.25, 0.3) is 0 Å². The molecule has 1 aromatic heterocycles. The van der Waals surface area contributed by atoms with Gasteiger partial charge in [0.15, 0.2) is 5.16 Å². The Morgan fingerprint density at radius 3 is 2.30 bits per heavy atom. The third-order valence-electron chi connectivity index (χ3n) is 2.73. The average Bonchev–Trinajstić information content (AvgIpc) is 2.31. The molecule has 0 radical (unpaired) electrons. The molecule has 0 saturated heterocycles. The molecule has 1 aromatic carbocycles. The number of nitrogens with zero attached hydrogens (tertiary/aromatic N) is 2. The largest absolute Gasteiger partial charge is 0.383 e. The van der Waals surface area contributed by atoms with Crippen LogP contribution in [0.2, 0.25) is 0 Å². The van der Waals surface area contributed by atoms with E-state index in [-0.39, 0.29) is 11.9 Å². The van der Waals surface area contributed by atoms with Gasteiger partial charge in [0, 0.05) is 17.0 Å². The summed E-state index contributed by atoms with van der Waals surface area (Å²) in [6, 6.07) is 4.34. The van der Waals surface area contributed by atoms with Gasteiger partial charge >= 0.3 is 0 Å². The summed E-state index contributed by atoms with van der Waals surface area (Å²) in [4.78, 5) is 8.99. The van der Waals surface area contributed by atoms with Gasteiger partial charge < -0.3 is 17.2 Å². The maximum atomic E-state index is 13.7. The molecule has 0 aliphatic rings. The van der Waals surface area contributed by atoms with Gasteiger partial charge in [0.25, 0.3) is 0 Å². The van der Waals surface area contributed by atoms with Crippen LogP contribution in [0, 0.1) is 12.7 Å². The van der Waals surface area contributed by atoms with Gasteiger partial charge in [0.1, 0.15) is 17.5 Å². The molecule has 0 aliphatic heterocycles. The molecular weight excluding hydrogens is 277 g/mol. The van der Waals surface area contributed by atoms with Crippen molar-refractivity contribution in [3.05, 3.63) is 35.1 Å². The maximum absolute atomic E-state index is 13.7. The summed E-state index contributed by atoms with van der Waals surface area (Å²) in [6.07, 6.45) is 0. The van der Waals surface area contributed by atoms with E-state index in [1.54, 1.807) is 19.9 Å². The van der Waals surface area contributed by atoms with Crippen LogP contribution in [0.5, 0.6) is 0 Å². The fraction of sp³-hybridized carbons (Fsp3) is 0.231. The van der Waals surface area contributed by atoms with Crippen molar-refractivity contribution in [2.75, 3.05) is 11.5 Å². The SMILES string of the molecule is Cc1cc(Sc2nc(N)cc(N)n2)c(C(C)N)cc1F. The number of halogens is 1. The fourth-order valence-corrected chi connectivity index (χ4v) is 2.82. The third-order valence-corrected chi connectivity index (χ3v) is 3.67. The van der Waals surface area contributed by atoms with Crippen LogP contribution in [-0.4, -0.2) is 9.97 Å². The van der Waals surface area contributed by atoms with E-state index in [9.17, 15) is 4.39 Å². The molecular formula is C13H16FN5S. The number of nitrogens with two attached hydrogens (primary N) is 3. The molecule has 7 heteroatoms. The van der Waals surface area contributed by atoms with Crippen LogP contribution >= 0.6 is 11.8 Å². The second kappa shape index (κ2) is 5.64. The van der Waals surface area contributed by atoms with Crippen LogP contribution in [0.1, 0.15) is 24.1 Å². The van der Waals surface area contributed by atoms with Crippen LogP contribution in [0.4, 0.5) is 16.0 Å². The molecule has 2 rings (SSSR count). The van der Waals surface area contributed by atoms with E-state index < -0.39 is 0 Å². The lowest BCUT2D eigenvalue weighted by Gasteiger charge is -2.13. The zero-order valence-corrected chi connectivity index (χ0v) is 12.0. The number of anilines is 2. The number of nitrogen functional groups attached to an aromatic ring is 2. The van der Waals surface area contributed by atoms with Crippen molar-refractivity contribution < 1.29 is 4.39 Å². The van der Waals surface area contributed by atoms with Crippen LogP contribution < -0.4 is 17.2 Å². The van der Waals surface area contributed by atoms with Crippen molar-refractivity contribution in [2.24, 2.45) is 5.73 Å². The van der Waals surface area contributed by atoms with Crippen molar-refractivity contribution in [1.29, 1.82) is 0 Å². The molecule has 5 nitrogen and oxygen atoms in total. The monoisotopic (exact) mass is 293 g/mol. The normalized spacial score (nSPS) is 12.4. The van der Waals surface area contributed by atoms with E-state index in [1.807, 2.05) is 0 Å². The van der Waals surface area contributed by atoms with E-state index in [1.165, 1.54) is 23.9 Å². The van der Waals surface area contributed by atoms with Crippen LogP contribution in [0.15, 0.2) is 28.3 Å². The Labute approximate surface area is 120 Å². The number of aromatic nitrogens is 2. The van der Waals surface area contributed by atoms with Gasteiger partial charge in [-0.25, -0.2) is 14.4 Å². The first kappa shape index (κ1) is 14.5. The quantitative estimate of drug-likeness (QED) is 0.750. The first-order chi connectivity index (χ1) is 9.36. The van der Waals surface area contributed by atoms with E-state index >= 15 is 0 Å². The Balaban J connectivity index is 2.44. The Morgan fingerprint density at radius 2 is 1.75 bits per heavy atom. The summed E-state index contributed by atoms with van der Waals surface area (Å²) >= 11 is 1.26. The van der Waals surface area contributed by atoms with Gasteiger partial charge in [-0.05, 0) is 48.9 Å². The van der Waals surface area contributed by atoms with Crippen molar-refractivity contribution in [1.82, 2.24) is 9.97 Å². The zero-order valence-electron chi connectivity index (χ0n) is 11.2. The van der Waals surface area contributed by atoms with Crippen molar-refractivity contribution in [3.8, 4) is 0 Å². The number of rotatable bonds is 3. The average molecular weight is 293 g/mol. The highest BCUT2D eigenvalue weighted by Crippen LogP contribution is 2.33. The Bertz CT molecular complexity index is 625. The Kier molecular flexibility index (Phi) is 4.10. The highest BCUT2D eigenvalue weighted by atomic mass is 32.2. The van der Waals surface area contributed by atoms with Crippen molar-refractivity contribution in [3.63, 3.8) is 0 Å². The topological polar surface area (TPSA) is 104 Å². The number of hydrogen-bond donors (Lipinski definition) is 3. The molecule has 20 heavy (non-hydrogen) atoms. The molecule has 1 heterocycles. The Morgan fingerprint density at radius 1 is 1.15 bits per heavy atom. The summed E-state index contributed by atoms with van der Waals surface area (Å²) in [5, 5.41) is 0.412. The molecule has 6 N–H and O–H groups in total. The lowest BCUT2D eigenvalue weighted by molar-refractivity contribution is 0.610. The summed E-state index contributed by atoms with van der Waals surface area (Å²) < 4.78 is 13.7. The van der Waals surface area contributed by atoms with Gasteiger partial charge in [-0.3, -0.25) is 0 Å². The zero-order chi connectivity index (χ0) is 14.9. The smallest absolute Gasteiger partial charge is 0.196 e. The lowest BCUT2D eigenvalue weighted by atomic mass is 10.1. The van der Waals surface area contributed by atoms with E-state index in [4.69, 9.17) is 17.2 Å². The third kappa shape index (κ3) is 3.17. The molecule has 0 bridgehead atoms. The van der Waals surface area contributed by atoms with Gasteiger partial charge in [0.05, 0.1) is 0 Å². The minimum Gasteiger partial charge on any atom is -0.383 e. The predicted octanol–water partition coefficient (Wildman–Crippen LogP) is 2.26. The van der Waals surface area contributed by atoms with E-state index in [0.29, 0.717) is 27.9 Å². The molecule has 1 unspecified atom stereocenters. The van der Waals surface area contributed by atoms with Gasteiger partial charge in [-0.1, -0.05) is 0 Å². The minimum absolute atomic E-state index is 0.283. The Hall–Kier alpha value is -1.86. The summed E-state index contributed by atoms with van der Waals surface area (Å²) in [5.74, 6) is 0.303. The van der Waals surface area contributed by atoms with Crippen molar-refractivity contribution in [2.45, 2.75) is 29.9 Å². The summed E-state index contributed by atoms with van der Waals surface area (Å²) in [5.41, 5.74) is 18.4. The second-order valence-corrected chi connectivity index (χ2v) is 5.54. The second-order valence-electron chi connectivity index (χ2n) is 4.53. The molecule has 0 aliphatic carbocycles. The van der Waals surface area contributed by atoms with Gasteiger partial charge in [-0.15, -0.1) is 0 Å². The number of hydrogen-bond acceptors (Lipinski definition) is 6. The molecule has 0 spiro atoms. The fourth-order valence-electron chi connectivity index (χ4n) is 1.72. The highest BCUT2D eigenvalue weighted by molar-refractivity contribution is 7.99. The standard InChI is InChI=1S/C13H16FN5S/c1-6-3-10(8(7(2)15)4-9(6)14)20-13-18-11(16)5-12(17)19-13/h3-5,7H,15H2,1-2H3,(H4,16,17,18,19). The molecule has 0 fully saturated rings. The van der Waals surface area contributed by atoms with E-state index in [0.717, 1.165) is 4.90 Å². The molecule has 0 amide bonds. The first-order valence-corrected chi connectivity index (χ1v) is 6.82. The van der Waals surface area contributed by atoms with Crippen LogP contribution in [0.3, 0.4) is 0 Å². The van der Waals surface area contributed by atoms with Crippen LogP contribution in [-0.2, 0) is 0 Å². The van der Waals surface area contributed by atoms with Gasteiger partial charge in [0.2, 0.25) is 0 Å². The maximum Gasteiger partial charge on any atom is 0.196 e. The first-order valence-electron chi connectivity index (χ1n) is 6.00. The molecule has 106 valence electrons. The van der Waals surface area contributed by atoms with Crippen molar-refractivity contribution >= 4 is 23.4 Å². The highest BCUT2D eigenvalue weighted by Gasteiger charge is 2.14. The number of aryl methyl sites for hydroxylation is 1. The lowest BCUT2D eigenvalue weighted by Crippen LogP contribution is -2.08. The van der Waals surface area contributed by atoms with Gasteiger partial charge in [-0.2, -0.15) is 0 Å².